The second-order valence-electron chi connectivity index (χ2n) is 5.95. The highest BCUT2D eigenvalue weighted by molar-refractivity contribution is 5.71. The Kier molecular flexibility index (Phi) is 2.71. The van der Waals surface area contributed by atoms with E-state index in [1.165, 1.54) is 10.1 Å². The lowest BCUT2D eigenvalue weighted by Gasteiger charge is -2.33. The molecular formula is C16H18N2O2. The van der Waals surface area contributed by atoms with Crippen LogP contribution >= 0.6 is 0 Å². The van der Waals surface area contributed by atoms with E-state index in [0.717, 1.165) is 17.5 Å². The van der Waals surface area contributed by atoms with Gasteiger partial charge in [0.05, 0.1) is 5.69 Å². The summed E-state index contributed by atoms with van der Waals surface area (Å²) in [6.07, 6.45) is 0.807. The van der Waals surface area contributed by atoms with Crippen LogP contribution < -0.4 is 11.2 Å². The summed E-state index contributed by atoms with van der Waals surface area (Å²) in [6, 6.07) is 7.95. The van der Waals surface area contributed by atoms with Crippen molar-refractivity contribution >= 4 is 0 Å². The van der Waals surface area contributed by atoms with Crippen molar-refractivity contribution in [3.63, 3.8) is 0 Å². The Morgan fingerprint density at radius 1 is 1.25 bits per heavy atom. The fourth-order valence-corrected chi connectivity index (χ4v) is 3.17. The highest BCUT2D eigenvalue weighted by atomic mass is 16.2. The van der Waals surface area contributed by atoms with Crippen LogP contribution in [0.25, 0.3) is 11.3 Å². The maximum Gasteiger partial charge on any atom is 0.328 e. The zero-order chi connectivity index (χ0) is 14.5. The number of H-pyrrole nitrogens is 1. The summed E-state index contributed by atoms with van der Waals surface area (Å²) in [5, 5.41) is 0. The molecule has 0 fully saturated rings. The molecule has 3 rings (SSSR count). The van der Waals surface area contributed by atoms with E-state index in [1.807, 2.05) is 25.1 Å². The average molecular weight is 270 g/mol. The van der Waals surface area contributed by atoms with Gasteiger partial charge in [0, 0.05) is 23.1 Å². The molecule has 0 atom stereocenters. The Morgan fingerprint density at radius 2 is 1.95 bits per heavy atom. The molecular weight excluding hydrogens is 252 g/mol. The van der Waals surface area contributed by atoms with E-state index in [2.05, 4.69) is 24.9 Å². The van der Waals surface area contributed by atoms with Crippen molar-refractivity contribution in [1.29, 1.82) is 0 Å². The van der Waals surface area contributed by atoms with Gasteiger partial charge < -0.3 is 4.98 Å². The number of fused-ring (bicyclic) bond motifs is 3. The van der Waals surface area contributed by atoms with Crippen LogP contribution in [0.4, 0.5) is 0 Å². The third-order valence-corrected chi connectivity index (χ3v) is 4.10. The predicted molar refractivity (Wildman–Crippen MR) is 79.2 cm³/mol. The SMILES string of the molecule is CCn1c(=O)[nH]c2c(c1=O)C(C)(C)Cc1ccccc1-2. The number of nitrogens with one attached hydrogen (secondary N) is 1. The quantitative estimate of drug-likeness (QED) is 0.862. The van der Waals surface area contributed by atoms with Crippen molar-refractivity contribution in [3.8, 4) is 11.3 Å². The molecule has 0 saturated heterocycles. The molecule has 0 amide bonds. The minimum Gasteiger partial charge on any atom is -0.306 e. The summed E-state index contributed by atoms with van der Waals surface area (Å²) < 4.78 is 1.27. The van der Waals surface area contributed by atoms with Gasteiger partial charge in [-0.15, -0.1) is 0 Å². The van der Waals surface area contributed by atoms with Gasteiger partial charge in [0.1, 0.15) is 0 Å². The van der Waals surface area contributed by atoms with Crippen molar-refractivity contribution in [2.45, 2.75) is 39.2 Å². The van der Waals surface area contributed by atoms with Crippen LogP contribution in [0.15, 0.2) is 33.9 Å². The highest BCUT2D eigenvalue weighted by Crippen LogP contribution is 2.39. The van der Waals surface area contributed by atoms with Crippen LogP contribution in [0, 0.1) is 0 Å². The molecule has 0 bridgehead atoms. The van der Waals surface area contributed by atoms with Crippen LogP contribution in [-0.4, -0.2) is 9.55 Å². The first-order valence-corrected chi connectivity index (χ1v) is 6.91. The standard InChI is InChI=1S/C16H18N2O2/c1-4-18-14(19)12-13(17-15(18)20)11-8-6-5-7-10(11)9-16(12,2)3/h5-8H,4,9H2,1-3H3,(H,17,20). The summed E-state index contributed by atoms with van der Waals surface area (Å²) >= 11 is 0. The number of nitrogens with zero attached hydrogens (tertiary/aromatic N) is 1. The van der Waals surface area contributed by atoms with E-state index < -0.39 is 0 Å². The van der Waals surface area contributed by atoms with E-state index >= 15 is 0 Å². The molecule has 104 valence electrons. The van der Waals surface area contributed by atoms with Crippen LogP contribution in [-0.2, 0) is 18.4 Å². The summed E-state index contributed by atoms with van der Waals surface area (Å²) in [7, 11) is 0. The molecule has 1 aliphatic rings. The van der Waals surface area contributed by atoms with Gasteiger partial charge in [-0.2, -0.15) is 0 Å². The van der Waals surface area contributed by atoms with E-state index in [1.54, 1.807) is 0 Å². The second-order valence-corrected chi connectivity index (χ2v) is 5.95. The molecule has 4 heteroatoms. The first kappa shape index (κ1) is 12.9. The Hall–Kier alpha value is -2.10. The maximum absolute atomic E-state index is 12.6. The summed E-state index contributed by atoms with van der Waals surface area (Å²) in [6.45, 7) is 6.31. The van der Waals surface area contributed by atoms with Gasteiger partial charge in [-0.3, -0.25) is 9.36 Å². The number of hydrogen-bond donors (Lipinski definition) is 1. The third kappa shape index (κ3) is 1.68. The summed E-state index contributed by atoms with van der Waals surface area (Å²) in [5.74, 6) is 0. The van der Waals surface area contributed by atoms with Crippen LogP contribution in [0.1, 0.15) is 31.9 Å². The van der Waals surface area contributed by atoms with Gasteiger partial charge >= 0.3 is 5.69 Å². The molecule has 20 heavy (non-hydrogen) atoms. The molecule has 0 radical (unpaired) electrons. The molecule has 1 N–H and O–H groups in total. The highest BCUT2D eigenvalue weighted by Gasteiger charge is 2.34. The molecule has 1 aromatic heterocycles. The number of hydrogen-bond acceptors (Lipinski definition) is 2. The fraction of sp³-hybridized carbons (Fsp3) is 0.375. The van der Waals surface area contributed by atoms with E-state index in [9.17, 15) is 9.59 Å². The molecule has 2 aromatic rings. The van der Waals surface area contributed by atoms with Gasteiger partial charge in [0.15, 0.2) is 0 Å². The van der Waals surface area contributed by atoms with Crippen LogP contribution in [0.3, 0.4) is 0 Å². The Morgan fingerprint density at radius 3 is 2.65 bits per heavy atom. The Bertz CT molecular complexity index is 797. The first-order valence-electron chi connectivity index (χ1n) is 6.91. The molecule has 0 aliphatic heterocycles. The van der Waals surface area contributed by atoms with Gasteiger partial charge in [-0.1, -0.05) is 38.1 Å². The van der Waals surface area contributed by atoms with Crippen molar-refractivity contribution in [2.75, 3.05) is 0 Å². The number of benzene rings is 1. The lowest BCUT2D eigenvalue weighted by atomic mass is 9.72. The number of aromatic amines is 1. The zero-order valence-corrected chi connectivity index (χ0v) is 12.0. The maximum atomic E-state index is 12.6. The van der Waals surface area contributed by atoms with Crippen LogP contribution in [0.2, 0.25) is 0 Å². The predicted octanol–water partition coefficient (Wildman–Crippen LogP) is 2.06. The molecule has 1 aliphatic carbocycles. The molecule has 0 saturated carbocycles. The zero-order valence-electron chi connectivity index (χ0n) is 12.0. The normalized spacial score (nSPS) is 15.6. The van der Waals surface area contributed by atoms with E-state index in [0.29, 0.717) is 12.2 Å². The van der Waals surface area contributed by atoms with Crippen molar-refractivity contribution in [1.82, 2.24) is 9.55 Å². The molecule has 1 aromatic carbocycles. The lowest BCUT2D eigenvalue weighted by Crippen LogP contribution is -2.43. The third-order valence-electron chi connectivity index (χ3n) is 4.10. The van der Waals surface area contributed by atoms with Gasteiger partial charge in [0.2, 0.25) is 0 Å². The minimum atomic E-state index is -0.330. The summed E-state index contributed by atoms with van der Waals surface area (Å²) in [4.78, 5) is 27.6. The Balaban J connectivity index is 2.46. The lowest BCUT2D eigenvalue weighted by molar-refractivity contribution is 0.494. The number of aromatic nitrogens is 2. The number of rotatable bonds is 1. The van der Waals surface area contributed by atoms with Crippen LogP contribution in [0.5, 0.6) is 0 Å². The first-order chi connectivity index (χ1) is 9.45. The average Bonchev–Trinajstić information content (AvgIpc) is 2.37. The second kappa shape index (κ2) is 4.20. The van der Waals surface area contributed by atoms with E-state index in [4.69, 9.17) is 0 Å². The molecule has 0 unspecified atom stereocenters. The largest absolute Gasteiger partial charge is 0.328 e. The van der Waals surface area contributed by atoms with E-state index in [-0.39, 0.29) is 16.7 Å². The molecule has 1 heterocycles. The van der Waals surface area contributed by atoms with Crippen molar-refractivity contribution < 1.29 is 0 Å². The Labute approximate surface area is 117 Å². The minimum absolute atomic E-state index is 0.161. The molecule has 4 nitrogen and oxygen atoms in total. The van der Waals surface area contributed by atoms with Gasteiger partial charge in [-0.05, 0) is 18.9 Å². The van der Waals surface area contributed by atoms with Crippen molar-refractivity contribution in [3.05, 3.63) is 56.2 Å². The molecule has 0 spiro atoms. The smallest absolute Gasteiger partial charge is 0.306 e. The van der Waals surface area contributed by atoms with Crippen molar-refractivity contribution in [2.24, 2.45) is 0 Å². The van der Waals surface area contributed by atoms with Gasteiger partial charge in [0.25, 0.3) is 5.56 Å². The summed E-state index contributed by atoms with van der Waals surface area (Å²) in [5.41, 5.74) is 2.79. The monoisotopic (exact) mass is 270 g/mol. The van der Waals surface area contributed by atoms with Gasteiger partial charge in [-0.25, -0.2) is 4.79 Å². The topological polar surface area (TPSA) is 54.9 Å². The fourth-order valence-electron chi connectivity index (χ4n) is 3.17.